The van der Waals surface area contributed by atoms with E-state index >= 15 is 0 Å². The normalized spacial score (nSPS) is 9.11. The molecule has 0 amide bonds. The number of rotatable bonds is 4. The lowest BCUT2D eigenvalue weighted by molar-refractivity contribution is 1.48. The first-order chi connectivity index (χ1) is 9.35. The highest BCUT2D eigenvalue weighted by molar-refractivity contribution is 7.98. The smallest absolute Gasteiger partial charge is 0.0181 e. The van der Waals surface area contributed by atoms with Crippen molar-refractivity contribution < 1.29 is 0 Å². The monoisotopic (exact) mass is 289 g/mol. The first-order valence-electron chi connectivity index (χ1n) is 7.36. The fourth-order valence-electron chi connectivity index (χ4n) is 0.752. The zero-order valence-corrected chi connectivity index (χ0v) is 15.9. The summed E-state index contributed by atoms with van der Waals surface area (Å²) in [6.07, 6.45) is 12.6. The zero-order chi connectivity index (χ0) is 16.5. The minimum atomic E-state index is 1.09. The summed E-state index contributed by atoms with van der Waals surface area (Å²) in [6.45, 7) is 16.1. The molecule has 0 heterocycles. The number of nitrogens with two attached hydrogens (primary N) is 1. The molecule has 0 radical (unpaired) electrons. The summed E-state index contributed by atoms with van der Waals surface area (Å²) in [5, 5.41) is 0. The van der Waals surface area contributed by atoms with Crippen LogP contribution in [-0.2, 0) is 0 Å². The number of allylic oxidation sites excluding steroid dienone is 5. The van der Waals surface area contributed by atoms with Gasteiger partial charge in [-0.2, -0.15) is 11.8 Å². The van der Waals surface area contributed by atoms with E-state index in [2.05, 4.69) is 36.3 Å². The van der Waals surface area contributed by atoms with Gasteiger partial charge in [0, 0.05) is 5.75 Å². The lowest BCUT2D eigenvalue weighted by atomic mass is 10.2. The van der Waals surface area contributed by atoms with Gasteiger partial charge >= 0.3 is 0 Å². The Kier molecular flexibility index (Phi) is 86.3. The SMILES string of the molecule is CC.CC.CC.CN.C\C=C/C=C(\C=C/C)CSC. The Bertz CT molecular complexity index is 170. The highest BCUT2D eigenvalue weighted by Crippen LogP contribution is 2.05. The Labute approximate surface area is 128 Å². The molecule has 0 aromatic rings. The maximum absolute atomic E-state index is 4.50. The summed E-state index contributed by atoms with van der Waals surface area (Å²) >= 11 is 1.85. The van der Waals surface area contributed by atoms with Crippen molar-refractivity contribution >= 4 is 11.8 Å². The van der Waals surface area contributed by atoms with E-state index < -0.39 is 0 Å². The van der Waals surface area contributed by atoms with Crippen molar-refractivity contribution in [3.63, 3.8) is 0 Å². The summed E-state index contributed by atoms with van der Waals surface area (Å²) in [6, 6.07) is 0. The molecule has 19 heavy (non-hydrogen) atoms. The Morgan fingerprint density at radius 2 is 1.32 bits per heavy atom. The Morgan fingerprint density at radius 3 is 1.58 bits per heavy atom. The summed E-state index contributed by atoms with van der Waals surface area (Å²) in [4.78, 5) is 0. The molecule has 0 aliphatic heterocycles. The molecule has 1 nitrogen and oxygen atoms in total. The molecular weight excluding hydrogens is 250 g/mol. The third-order valence-electron chi connectivity index (χ3n) is 1.19. The van der Waals surface area contributed by atoms with Crippen LogP contribution in [-0.4, -0.2) is 19.1 Å². The van der Waals surface area contributed by atoms with Crippen LogP contribution >= 0.6 is 11.8 Å². The van der Waals surface area contributed by atoms with Gasteiger partial charge in [-0.3, -0.25) is 0 Å². The molecule has 0 aromatic heterocycles. The van der Waals surface area contributed by atoms with Gasteiger partial charge in [0.2, 0.25) is 0 Å². The van der Waals surface area contributed by atoms with Gasteiger partial charge in [0.05, 0.1) is 0 Å². The van der Waals surface area contributed by atoms with Crippen LogP contribution < -0.4 is 5.73 Å². The van der Waals surface area contributed by atoms with Crippen LogP contribution in [0.5, 0.6) is 0 Å². The Balaban J connectivity index is -0.0000000693. The average molecular weight is 290 g/mol. The summed E-state index contributed by atoms with van der Waals surface area (Å²) < 4.78 is 0. The quantitative estimate of drug-likeness (QED) is 0.634. The van der Waals surface area contributed by atoms with Gasteiger partial charge in [-0.25, -0.2) is 0 Å². The van der Waals surface area contributed by atoms with E-state index in [1.54, 1.807) is 0 Å². The van der Waals surface area contributed by atoms with Crippen LogP contribution in [0.2, 0.25) is 0 Å². The van der Waals surface area contributed by atoms with E-state index in [4.69, 9.17) is 0 Å². The van der Waals surface area contributed by atoms with Crippen molar-refractivity contribution in [3.05, 3.63) is 36.0 Å². The van der Waals surface area contributed by atoms with Crippen LogP contribution in [0.25, 0.3) is 0 Å². The standard InChI is InChI=1S/C10H16S.3C2H6.CH5N/c1-4-6-8-10(7-5-2)9-11-3;4*1-2/h4-8H,9H2,1-3H3;3*1-2H3;2H2,1H3/b6-4-,7-5-,10-8+;;;;. The highest BCUT2D eigenvalue weighted by atomic mass is 32.2. The molecule has 0 rings (SSSR count). The summed E-state index contributed by atoms with van der Waals surface area (Å²) in [7, 11) is 1.50. The predicted molar refractivity (Wildman–Crippen MR) is 100 cm³/mol. The minimum absolute atomic E-state index is 1.09. The fraction of sp³-hybridized carbons (Fsp3) is 0.647. The molecule has 0 aliphatic rings. The topological polar surface area (TPSA) is 26.0 Å². The lowest BCUT2D eigenvalue weighted by Gasteiger charge is -1.95. The van der Waals surface area contributed by atoms with Gasteiger partial charge in [0.1, 0.15) is 0 Å². The number of thioether (sulfide) groups is 1. The molecule has 0 saturated heterocycles. The zero-order valence-electron chi connectivity index (χ0n) is 15.1. The Hall–Kier alpha value is -0.470. The van der Waals surface area contributed by atoms with Crippen molar-refractivity contribution in [3.8, 4) is 0 Å². The molecule has 2 N–H and O–H groups in total. The molecule has 0 bridgehead atoms. The Morgan fingerprint density at radius 1 is 0.895 bits per heavy atom. The van der Waals surface area contributed by atoms with Crippen molar-refractivity contribution in [1.82, 2.24) is 0 Å². The molecule has 2 heteroatoms. The van der Waals surface area contributed by atoms with Crippen LogP contribution in [0.4, 0.5) is 0 Å². The van der Waals surface area contributed by atoms with E-state index in [-0.39, 0.29) is 0 Å². The first-order valence-corrected chi connectivity index (χ1v) is 8.75. The third-order valence-corrected chi connectivity index (χ3v) is 1.82. The molecular formula is C17H39NS. The lowest BCUT2D eigenvalue weighted by Crippen LogP contribution is -1.80. The molecule has 0 fully saturated rings. The van der Waals surface area contributed by atoms with Crippen LogP contribution in [0, 0.1) is 0 Å². The van der Waals surface area contributed by atoms with Gasteiger partial charge in [-0.1, -0.05) is 71.9 Å². The van der Waals surface area contributed by atoms with Crippen LogP contribution in [0.15, 0.2) is 36.0 Å². The summed E-state index contributed by atoms with van der Waals surface area (Å²) in [5.74, 6) is 1.09. The third kappa shape index (κ3) is 46.6. The summed E-state index contributed by atoms with van der Waals surface area (Å²) in [5.41, 5.74) is 5.87. The average Bonchev–Trinajstić information content (AvgIpc) is 2.53. The highest BCUT2D eigenvalue weighted by Gasteiger charge is 1.86. The molecule has 0 aliphatic carbocycles. The second-order valence-electron chi connectivity index (χ2n) is 2.20. The van der Waals surface area contributed by atoms with E-state index in [9.17, 15) is 0 Å². The molecule has 0 spiro atoms. The number of hydrogen-bond donors (Lipinski definition) is 1. The van der Waals surface area contributed by atoms with E-state index in [0.29, 0.717) is 0 Å². The van der Waals surface area contributed by atoms with E-state index in [1.807, 2.05) is 73.2 Å². The van der Waals surface area contributed by atoms with Crippen molar-refractivity contribution in [2.75, 3.05) is 19.1 Å². The maximum atomic E-state index is 4.50. The van der Waals surface area contributed by atoms with Crippen molar-refractivity contribution in [2.24, 2.45) is 5.73 Å². The van der Waals surface area contributed by atoms with Crippen LogP contribution in [0.3, 0.4) is 0 Å². The van der Waals surface area contributed by atoms with E-state index in [1.165, 1.54) is 12.6 Å². The van der Waals surface area contributed by atoms with Gasteiger partial charge in [0.25, 0.3) is 0 Å². The number of hydrogen-bond acceptors (Lipinski definition) is 2. The molecule has 0 unspecified atom stereocenters. The molecule has 0 atom stereocenters. The second-order valence-corrected chi connectivity index (χ2v) is 3.07. The second kappa shape index (κ2) is 52.7. The van der Waals surface area contributed by atoms with Crippen molar-refractivity contribution in [2.45, 2.75) is 55.4 Å². The van der Waals surface area contributed by atoms with Gasteiger partial charge in [0.15, 0.2) is 0 Å². The molecule has 0 aromatic carbocycles. The predicted octanol–water partition coefficient (Wildman–Crippen LogP) is 6.08. The first kappa shape index (κ1) is 31.1. The van der Waals surface area contributed by atoms with Gasteiger partial charge in [-0.15, -0.1) is 0 Å². The van der Waals surface area contributed by atoms with Gasteiger partial charge in [-0.05, 0) is 32.7 Å². The van der Waals surface area contributed by atoms with Crippen LogP contribution in [0.1, 0.15) is 55.4 Å². The minimum Gasteiger partial charge on any atom is -0.333 e. The fourth-order valence-corrected chi connectivity index (χ4v) is 1.28. The molecule has 118 valence electrons. The largest absolute Gasteiger partial charge is 0.333 e. The maximum Gasteiger partial charge on any atom is 0.0181 e. The molecule has 0 saturated carbocycles. The van der Waals surface area contributed by atoms with Crippen molar-refractivity contribution in [1.29, 1.82) is 0 Å². The van der Waals surface area contributed by atoms with E-state index in [0.717, 1.165) is 5.75 Å². The van der Waals surface area contributed by atoms with Gasteiger partial charge < -0.3 is 5.73 Å².